The van der Waals surface area contributed by atoms with Gasteiger partial charge in [-0.15, -0.1) is 0 Å². The van der Waals surface area contributed by atoms with Crippen molar-refractivity contribution in [3.8, 4) is 5.75 Å². The lowest BCUT2D eigenvalue weighted by Crippen LogP contribution is -2.40. The van der Waals surface area contributed by atoms with Crippen molar-refractivity contribution in [1.29, 1.82) is 0 Å². The first-order valence-electron chi connectivity index (χ1n) is 7.25. The first kappa shape index (κ1) is 15.6. The Morgan fingerprint density at radius 2 is 2.25 bits per heavy atom. The van der Waals surface area contributed by atoms with Crippen LogP contribution in [0.4, 0.5) is 4.39 Å². The zero-order chi connectivity index (χ0) is 14.6. The highest BCUT2D eigenvalue weighted by Crippen LogP contribution is 2.31. The van der Waals surface area contributed by atoms with E-state index in [2.05, 4.69) is 5.32 Å². The van der Waals surface area contributed by atoms with Crippen molar-refractivity contribution in [2.24, 2.45) is 0 Å². The fourth-order valence-corrected chi connectivity index (χ4v) is 3.16. The Bertz CT molecular complexity index is 444. The molecule has 2 nitrogen and oxygen atoms in total. The molecule has 0 aliphatic carbocycles. The Hall–Kier alpha value is -0.800. The second kappa shape index (κ2) is 6.77. The highest BCUT2D eigenvalue weighted by atomic mass is 35.5. The molecule has 1 N–H and O–H groups in total. The number of alkyl halides is 1. The van der Waals surface area contributed by atoms with Gasteiger partial charge in [-0.1, -0.05) is 18.0 Å². The van der Waals surface area contributed by atoms with Gasteiger partial charge < -0.3 is 10.1 Å². The van der Waals surface area contributed by atoms with Gasteiger partial charge in [-0.05, 0) is 56.5 Å². The maximum Gasteiger partial charge on any atom is 0.122 e. The average molecular weight is 300 g/mol. The predicted octanol–water partition coefficient (Wildman–Crippen LogP) is 4.15. The SMILES string of the molecule is COc1ccc(Cl)cc1CC(C)(F)CC1CCCCN1. The van der Waals surface area contributed by atoms with Gasteiger partial charge in [-0.25, -0.2) is 4.39 Å². The molecule has 1 saturated heterocycles. The summed E-state index contributed by atoms with van der Waals surface area (Å²) in [6.07, 6.45) is 4.31. The van der Waals surface area contributed by atoms with Crippen molar-refractivity contribution < 1.29 is 9.13 Å². The van der Waals surface area contributed by atoms with Gasteiger partial charge in [-0.3, -0.25) is 0 Å². The number of piperidine rings is 1. The van der Waals surface area contributed by atoms with Crippen LogP contribution in [0.25, 0.3) is 0 Å². The molecule has 2 atom stereocenters. The van der Waals surface area contributed by atoms with Crippen molar-refractivity contribution >= 4 is 11.6 Å². The molecule has 4 heteroatoms. The van der Waals surface area contributed by atoms with E-state index >= 15 is 0 Å². The summed E-state index contributed by atoms with van der Waals surface area (Å²) in [7, 11) is 1.60. The molecule has 2 rings (SSSR count). The van der Waals surface area contributed by atoms with Crippen LogP contribution in [0.2, 0.25) is 5.02 Å². The zero-order valence-corrected chi connectivity index (χ0v) is 13.0. The molecule has 0 radical (unpaired) electrons. The Morgan fingerprint density at radius 3 is 2.90 bits per heavy atom. The largest absolute Gasteiger partial charge is 0.496 e. The van der Waals surface area contributed by atoms with E-state index in [0.717, 1.165) is 18.5 Å². The molecule has 0 bridgehead atoms. The van der Waals surface area contributed by atoms with Gasteiger partial charge in [0.1, 0.15) is 11.4 Å². The summed E-state index contributed by atoms with van der Waals surface area (Å²) in [5.74, 6) is 0.704. The third-order valence-corrected chi connectivity index (χ3v) is 4.12. The standard InChI is InChI=1S/C16H23ClFNO/c1-16(18,11-14-5-3-4-8-19-14)10-12-9-13(17)6-7-15(12)20-2/h6-7,9,14,19H,3-5,8,10-11H2,1-2H3. The maximum atomic E-state index is 14.9. The summed E-state index contributed by atoms with van der Waals surface area (Å²) in [6.45, 7) is 2.67. The van der Waals surface area contributed by atoms with Gasteiger partial charge in [0.2, 0.25) is 0 Å². The van der Waals surface area contributed by atoms with E-state index in [1.165, 1.54) is 12.8 Å². The number of rotatable bonds is 5. The van der Waals surface area contributed by atoms with Crippen molar-refractivity contribution in [3.05, 3.63) is 28.8 Å². The second-order valence-corrected chi connectivity index (χ2v) is 6.33. The lowest BCUT2D eigenvalue weighted by atomic mass is 9.88. The number of halogens is 2. The van der Waals surface area contributed by atoms with Crippen LogP contribution in [0, 0.1) is 0 Å². The van der Waals surface area contributed by atoms with E-state index in [1.54, 1.807) is 32.2 Å². The molecular weight excluding hydrogens is 277 g/mol. The first-order chi connectivity index (χ1) is 9.50. The summed E-state index contributed by atoms with van der Waals surface area (Å²) in [5.41, 5.74) is -0.423. The number of nitrogens with one attached hydrogen (secondary N) is 1. The van der Waals surface area contributed by atoms with Crippen molar-refractivity contribution in [3.63, 3.8) is 0 Å². The van der Waals surface area contributed by atoms with E-state index in [9.17, 15) is 4.39 Å². The summed E-state index contributed by atoms with van der Waals surface area (Å²) in [6, 6.07) is 5.64. The van der Waals surface area contributed by atoms with E-state index in [4.69, 9.17) is 16.3 Å². The van der Waals surface area contributed by atoms with Crippen molar-refractivity contribution in [2.75, 3.05) is 13.7 Å². The molecule has 20 heavy (non-hydrogen) atoms. The molecule has 2 unspecified atom stereocenters. The van der Waals surface area contributed by atoms with E-state index in [-0.39, 0.29) is 6.04 Å². The quantitative estimate of drug-likeness (QED) is 0.882. The molecule has 1 aromatic rings. The minimum absolute atomic E-state index is 0.281. The topological polar surface area (TPSA) is 21.3 Å². The Labute approximate surface area is 125 Å². The van der Waals surface area contributed by atoms with Crippen LogP contribution < -0.4 is 10.1 Å². The number of hydrogen-bond acceptors (Lipinski definition) is 2. The van der Waals surface area contributed by atoms with Gasteiger partial charge in [0.25, 0.3) is 0 Å². The molecule has 112 valence electrons. The highest BCUT2D eigenvalue weighted by molar-refractivity contribution is 6.30. The minimum atomic E-state index is -1.26. The number of benzene rings is 1. The molecule has 0 saturated carbocycles. The Balaban J connectivity index is 2.04. The molecule has 1 fully saturated rings. The van der Waals surface area contributed by atoms with Crippen LogP contribution in [-0.2, 0) is 6.42 Å². The van der Waals surface area contributed by atoms with Gasteiger partial charge >= 0.3 is 0 Å². The van der Waals surface area contributed by atoms with Crippen molar-refractivity contribution in [2.45, 2.75) is 50.7 Å². The van der Waals surface area contributed by atoms with Crippen LogP contribution in [0.3, 0.4) is 0 Å². The smallest absolute Gasteiger partial charge is 0.122 e. The third-order valence-electron chi connectivity index (χ3n) is 3.89. The van der Waals surface area contributed by atoms with Gasteiger partial charge in [0, 0.05) is 17.5 Å². The lowest BCUT2D eigenvalue weighted by Gasteiger charge is -2.30. The number of hydrogen-bond donors (Lipinski definition) is 1. The monoisotopic (exact) mass is 299 g/mol. The van der Waals surface area contributed by atoms with E-state index in [0.29, 0.717) is 23.6 Å². The van der Waals surface area contributed by atoms with Gasteiger partial charge in [0.15, 0.2) is 0 Å². The predicted molar refractivity (Wildman–Crippen MR) is 81.5 cm³/mol. The maximum absolute atomic E-state index is 14.9. The summed E-state index contributed by atoms with van der Waals surface area (Å²) in [4.78, 5) is 0. The minimum Gasteiger partial charge on any atom is -0.496 e. The third kappa shape index (κ3) is 4.35. The van der Waals surface area contributed by atoms with Crippen molar-refractivity contribution in [1.82, 2.24) is 5.32 Å². The lowest BCUT2D eigenvalue weighted by molar-refractivity contribution is 0.145. The van der Waals surface area contributed by atoms with E-state index in [1.807, 2.05) is 0 Å². The highest BCUT2D eigenvalue weighted by Gasteiger charge is 2.30. The normalized spacial score (nSPS) is 22.3. The van der Waals surface area contributed by atoms with Gasteiger partial charge in [0.05, 0.1) is 7.11 Å². The number of methoxy groups -OCH3 is 1. The van der Waals surface area contributed by atoms with Crippen LogP contribution in [0.15, 0.2) is 18.2 Å². The fourth-order valence-electron chi connectivity index (χ4n) is 2.97. The Morgan fingerprint density at radius 1 is 1.45 bits per heavy atom. The molecular formula is C16H23ClFNO. The molecule has 1 heterocycles. The summed E-state index contributed by atoms with van der Waals surface area (Å²) >= 11 is 6.00. The molecule has 1 aliphatic heterocycles. The molecule has 0 amide bonds. The Kier molecular flexibility index (Phi) is 5.28. The zero-order valence-electron chi connectivity index (χ0n) is 12.2. The van der Waals surface area contributed by atoms with Crippen LogP contribution in [0.1, 0.15) is 38.2 Å². The summed E-state index contributed by atoms with van der Waals surface area (Å²) in [5, 5.41) is 4.02. The van der Waals surface area contributed by atoms with Crippen LogP contribution in [-0.4, -0.2) is 25.4 Å². The molecule has 1 aromatic carbocycles. The van der Waals surface area contributed by atoms with E-state index < -0.39 is 5.67 Å². The molecule has 0 spiro atoms. The molecule has 1 aliphatic rings. The average Bonchev–Trinajstić information content (AvgIpc) is 2.39. The second-order valence-electron chi connectivity index (χ2n) is 5.90. The van der Waals surface area contributed by atoms with Gasteiger partial charge in [-0.2, -0.15) is 0 Å². The number of ether oxygens (including phenoxy) is 1. The van der Waals surface area contributed by atoms with Crippen LogP contribution in [0.5, 0.6) is 5.75 Å². The van der Waals surface area contributed by atoms with Crippen LogP contribution >= 0.6 is 11.6 Å². The molecule has 0 aromatic heterocycles. The summed E-state index contributed by atoms with van der Waals surface area (Å²) < 4.78 is 20.2. The first-order valence-corrected chi connectivity index (χ1v) is 7.63. The fraction of sp³-hybridized carbons (Fsp3) is 0.625.